The third kappa shape index (κ3) is 3.19. The van der Waals surface area contributed by atoms with Gasteiger partial charge in [0.2, 0.25) is 0 Å². The molecule has 4 rings (SSSR count). The predicted molar refractivity (Wildman–Crippen MR) is 109 cm³/mol. The molecule has 3 aromatic rings. The van der Waals surface area contributed by atoms with Crippen molar-refractivity contribution in [3.8, 4) is 23.2 Å². The Balaban J connectivity index is 1.98. The molecule has 30 heavy (non-hydrogen) atoms. The predicted octanol–water partition coefficient (Wildman–Crippen LogP) is 2.41. The largest absolute Gasteiger partial charge is 0.467 e. The van der Waals surface area contributed by atoms with Crippen molar-refractivity contribution in [3.63, 3.8) is 0 Å². The number of hydrogen-bond donors (Lipinski definition) is 1. The van der Waals surface area contributed by atoms with Crippen LogP contribution in [0.1, 0.15) is 29.8 Å². The molecular formula is C20H21FN8O. The first-order valence-corrected chi connectivity index (χ1v) is 9.30. The number of ether oxygens (including phenoxy) is 1. The second-order valence-corrected chi connectivity index (χ2v) is 7.17. The molecule has 2 aromatic heterocycles. The summed E-state index contributed by atoms with van der Waals surface area (Å²) in [6.07, 6.45) is 0.964. The van der Waals surface area contributed by atoms with Crippen LogP contribution in [0.2, 0.25) is 0 Å². The number of nitriles is 1. The van der Waals surface area contributed by atoms with Gasteiger partial charge in [0.15, 0.2) is 11.6 Å². The Hall–Kier alpha value is -3.71. The van der Waals surface area contributed by atoms with Crippen molar-refractivity contribution >= 4 is 11.6 Å². The van der Waals surface area contributed by atoms with Crippen molar-refractivity contribution in [2.75, 3.05) is 24.8 Å². The summed E-state index contributed by atoms with van der Waals surface area (Å²) in [5.41, 5.74) is 8.82. The third-order valence-electron chi connectivity index (χ3n) is 5.21. The van der Waals surface area contributed by atoms with E-state index in [0.29, 0.717) is 34.9 Å². The Morgan fingerprint density at radius 1 is 1.30 bits per heavy atom. The van der Waals surface area contributed by atoms with Crippen LogP contribution in [0, 0.1) is 17.1 Å². The molecule has 1 aliphatic heterocycles. The lowest BCUT2D eigenvalue weighted by Gasteiger charge is -2.31. The minimum absolute atomic E-state index is 0.107. The molecule has 0 fully saturated rings. The molecule has 0 saturated heterocycles. The highest BCUT2D eigenvalue weighted by molar-refractivity contribution is 5.78. The Kier molecular flexibility index (Phi) is 4.75. The Bertz CT molecular complexity index is 1170. The fourth-order valence-corrected chi connectivity index (χ4v) is 3.52. The molecule has 1 aliphatic rings. The van der Waals surface area contributed by atoms with Gasteiger partial charge in [0.1, 0.15) is 23.7 Å². The first kappa shape index (κ1) is 19.6. The maximum Gasteiger partial charge on any atom is 0.258 e. The van der Waals surface area contributed by atoms with Crippen molar-refractivity contribution in [1.82, 2.24) is 24.8 Å². The number of fused-ring (bicyclic) bond motifs is 5. The summed E-state index contributed by atoms with van der Waals surface area (Å²) in [6, 6.07) is 6.78. The van der Waals surface area contributed by atoms with Crippen molar-refractivity contribution in [1.29, 1.82) is 5.26 Å². The van der Waals surface area contributed by atoms with E-state index in [1.54, 1.807) is 20.0 Å². The monoisotopic (exact) mass is 408 g/mol. The number of nitrogens with zero attached hydrogens (tertiary/aromatic N) is 7. The van der Waals surface area contributed by atoms with Gasteiger partial charge >= 0.3 is 0 Å². The van der Waals surface area contributed by atoms with E-state index in [-0.39, 0.29) is 17.5 Å². The zero-order valence-electron chi connectivity index (χ0n) is 17.1. The Labute approximate surface area is 173 Å². The number of anilines is 2. The van der Waals surface area contributed by atoms with Crippen LogP contribution in [0.15, 0.2) is 24.4 Å². The highest BCUT2D eigenvalue weighted by atomic mass is 19.1. The van der Waals surface area contributed by atoms with Gasteiger partial charge in [-0.2, -0.15) is 10.4 Å². The molecule has 1 aromatic carbocycles. The summed E-state index contributed by atoms with van der Waals surface area (Å²) in [7, 11) is 5.42. The highest BCUT2D eigenvalue weighted by Gasteiger charge is 2.27. The normalized spacial score (nSPS) is 16.5. The first-order valence-electron chi connectivity index (χ1n) is 9.30. The zero-order valence-corrected chi connectivity index (χ0v) is 17.1. The van der Waals surface area contributed by atoms with Crippen LogP contribution in [-0.2, 0) is 13.6 Å². The van der Waals surface area contributed by atoms with E-state index in [1.165, 1.54) is 23.0 Å². The molecule has 1 atom stereocenters. The molecular weight excluding hydrogens is 387 g/mol. The van der Waals surface area contributed by atoms with Crippen molar-refractivity contribution in [2.24, 2.45) is 7.05 Å². The third-order valence-corrected chi connectivity index (χ3v) is 5.21. The molecule has 2 N–H and O–H groups in total. The van der Waals surface area contributed by atoms with Crippen LogP contribution >= 0.6 is 0 Å². The van der Waals surface area contributed by atoms with Gasteiger partial charge in [-0.25, -0.2) is 19.4 Å². The summed E-state index contributed by atoms with van der Waals surface area (Å²) in [5, 5.41) is 18.0. The van der Waals surface area contributed by atoms with Gasteiger partial charge < -0.3 is 10.5 Å². The number of benzene rings is 1. The molecule has 3 heterocycles. The molecule has 0 amide bonds. The van der Waals surface area contributed by atoms with Gasteiger partial charge in [-0.15, -0.1) is 0 Å². The van der Waals surface area contributed by atoms with E-state index >= 15 is 0 Å². The average Bonchev–Trinajstić information content (AvgIpc) is 3.05. The Morgan fingerprint density at radius 3 is 2.80 bits per heavy atom. The molecule has 0 spiro atoms. The number of nitrogen functional groups attached to an aromatic ring is 1. The lowest BCUT2D eigenvalue weighted by Crippen LogP contribution is -2.37. The second kappa shape index (κ2) is 7.27. The topological polar surface area (TPSA) is 109 Å². The molecule has 0 saturated carbocycles. The fraction of sp³-hybridized carbons (Fsp3) is 0.300. The van der Waals surface area contributed by atoms with E-state index in [9.17, 15) is 9.65 Å². The molecule has 9 nitrogen and oxygen atoms in total. The number of aromatic nitrogens is 4. The number of halogens is 1. The van der Waals surface area contributed by atoms with Crippen LogP contribution in [-0.4, -0.2) is 38.9 Å². The second-order valence-electron chi connectivity index (χ2n) is 7.17. The van der Waals surface area contributed by atoms with Crippen LogP contribution in [0.25, 0.3) is 11.3 Å². The van der Waals surface area contributed by atoms with E-state index < -0.39 is 6.10 Å². The maximum atomic E-state index is 14.0. The highest BCUT2D eigenvalue weighted by Crippen LogP contribution is 2.36. The van der Waals surface area contributed by atoms with Gasteiger partial charge in [0.05, 0.1) is 17.5 Å². The summed E-state index contributed by atoms with van der Waals surface area (Å²) < 4.78 is 21.5. The van der Waals surface area contributed by atoms with E-state index in [2.05, 4.69) is 21.1 Å². The van der Waals surface area contributed by atoms with Gasteiger partial charge in [-0.05, 0) is 30.2 Å². The van der Waals surface area contributed by atoms with E-state index in [1.807, 2.05) is 24.1 Å². The van der Waals surface area contributed by atoms with Gasteiger partial charge in [0.25, 0.3) is 5.88 Å². The van der Waals surface area contributed by atoms with Crippen molar-refractivity contribution in [3.05, 3.63) is 47.0 Å². The van der Waals surface area contributed by atoms with Crippen LogP contribution < -0.4 is 15.5 Å². The van der Waals surface area contributed by atoms with Crippen LogP contribution in [0.4, 0.5) is 16.0 Å². The van der Waals surface area contributed by atoms with Gasteiger partial charge in [0, 0.05) is 27.7 Å². The number of rotatable bonds is 0. The lowest BCUT2D eigenvalue weighted by atomic mass is 10.0. The summed E-state index contributed by atoms with van der Waals surface area (Å²) in [6.45, 7) is 2.27. The van der Waals surface area contributed by atoms with Crippen molar-refractivity contribution in [2.45, 2.75) is 19.6 Å². The SMILES string of the molecule is CC1Oc2nc(cnc2N)-c2c(nn(C)c2C#N)N(C)N(C)Cc2ccc(F)cc21. The summed E-state index contributed by atoms with van der Waals surface area (Å²) in [5.74, 6) is 0.394. The van der Waals surface area contributed by atoms with E-state index in [4.69, 9.17) is 10.5 Å². The van der Waals surface area contributed by atoms with Crippen molar-refractivity contribution < 1.29 is 9.13 Å². The molecule has 10 heteroatoms. The minimum Gasteiger partial charge on any atom is -0.467 e. The smallest absolute Gasteiger partial charge is 0.258 e. The summed E-state index contributed by atoms with van der Waals surface area (Å²) in [4.78, 5) is 8.72. The first-order chi connectivity index (χ1) is 14.3. The number of hydrazine groups is 1. The van der Waals surface area contributed by atoms with Gasteiger partial charge in [-0.1, -0.05) is 6.07 Å². The Morgan fingerprint density at radius 2 is 2.07 bits per heavy atom. The van der Waals surface area contributed by atoms with E-state index in [0.717, 1.165) is 5.56 Å². The molecule has 0 radical (unpaired) electrons. The molecule has 2 bridgehead atoms. The molecule has 1 unspecified atom stereocenters. The number of aryl methyl sites for hydroxylation is 1. The minimum atomic E-state index is -0.524. The average molecular weight is 408 g/mol. The standard InChI is InChI=1S/C20H21FN8O/c1-11-14-7-13(21)6-5-12(14)10-27(2)29(4)19-17(16(8-22)28(3)26-19)15-9-24-18(23)20(25-15)30-11/h5-7,9,11H,10H2,1-4H3,(H2,23,24). The quantitative estimate of drug-likeness (QED) is 0.604. The summed E-state index contributed by atoms with van der Waals surface area (Å²) >= 11 is 0. The molecule has 154 valence electrons. The number of nitrogens with two attached hydrogens (primary N) is 1. The lowest BCUT2D eigenvalue weighted by molar-refractivity contribution is 0.214. The van der Waals surface area contributed by atoms with Crippen LogP contribution in [0.5, 0.6) is 5.88 Å². The fourth-order valence-electron chi connectivity index (χ4n) is 3.52. The number of hydrogen-bond acceptors (Lipinski definition) is 8. The van der Waals surface area contributed by atoms with Crippen LogP contribution in [0.3, 0.4) is 0 Å². The molecule has 0 aliphatic carbocycles. The maximum absolute atomic E-state index is 14.0. The zero-order chi connectivity index (χ0) is 21.6. The van der Waals surface area contributed by atoms with Gasteiger partial charge in [-0.3, -0.25) is 9.69 Å².